The van der Waals surface area contributed by atoms with Gasteiger partial charge in [-0.3, -0.25) is 0 Å². The fourth-order valence-electron chi connectivity index (χ4n) is 2.62. The summed E-state index contributed by atoms with van der Waals surface area (Å²) in [5.41, 5.74) is 2.64. The Morgan fingerprint density at radius 3 is 2.53 bits per heavy atom. The lowest BCUT2D eigenvalue weighted by atomic mass is 10.0. The highest BCUT2D eigenvalue weighted by Gasteiger charge is 2.21. The largest absolute Gasteiger partial charge is 0.395 e. The number of aliphatic hydroxyl groups is 1. The molecule has 2 atom stereocenters. The van der Waals surface area contributed by atoms with Crippen LogP contribution in [0.4, 0.5) is 5.69 Å². The van der Waals surface area contributed by atoms with E-state index in [9.17, 15) is 5.11 Å². The lowest BCUT2D eigenvalue weighted by Gasteiger charge is -2.27. The first-order valence-corrected chi connectivity index (χ1v) is 7.29. The molecule has 0 spiro atoms. The maximum absolute atomic E-state index is 9.39. The van der Waals surface area contributed by atoms with Crippen LogP contribution in [0.2, 0.25) is 0 Å². The molecule has 1 aromatic carbocycles. The van der Waals surface area contributed by atoms with Crippen molar-refractivity contribution in [3.05, 3.63) is 29.8 Å². The molecule has 2 N–H and O–H groups in total. The van der Waals surface area contributed by atoms with E-state index in [1.807, 2.05) is 0 Å². The molecule has 0 aromatic heterocycles. The lowest BCUT2D eigenvalue weighted by Crippen LogP contribution is -2.40. The molecule has 2 unspecified atom stereocenters. The molecule has 2 rings (SSSR count). The summed E-state index contributed by atoms with van der Waals surface area (Å²) in [6.45, 7) is 9.79. The second-order valence-electron chi connectivity index (χ2n) is 6.04. The number of aliphatic hydroxyl groups excluding tert-OH is 1. The van der Waals surface area contributed by atoms with Crippen LogP contribution in [-0.4, -0.2) is 37.4 Å². The molecule has 1 saturated heterocycles. The van der Waals surface area contributed by atoms with Crippen LogP contribution in [0, 0.1) is 5.92 Å². The molecule has 0 amide bonds. The standard InChI is InChI=1S/C16H26N2O/c1-12(2)14-4-6-16(7-5-14)18-9-13(3)8-17-15(10-18)11-19/h4-7,12-13,15,17,19H,8-11H2,1-3H3. The molecule has 3 nitrogen and oxygen atoms in total. The predicted molar refractivity (Wildman–Crippen MR) is 80.8 cm³/mol. The summed E-state index contributed by atoms with van der Waals surface area (Å²) in [6.07, 6.45) is 0. The molecular formula is C16H26N2O. The molecule has 1 fully saturated rings. The topological polar surface area (TPSA) is 35.5 Å². The van der Waals surface area contributed by atoms with Gasteiger partial charge in [-0.2, -0.15) is 0 Å². The molecule has 0 radical (unpaired) electrons. The molecule has 1 aliphatic rings. The van der Waals surface area contributed by atoms with Crippen molar-refractivity contribution in [2.24, 2.45) is 5.92 Å². The minimum Gasteiger partial charge on any atom is -0.395 e. The third-order valence-corrected chi connectivity index (χ3v) is 3.87. The number of nitrogens with one attached hydrogen (secondary N) is 1. The van der Waals surface area contributed by atoms with Gasteiger partial charge in [-0.15, -0.1) is 0 Å². The maximum Gasteiger partial charge on any atom is 0.0601 e. The summed E-state index contributed by atoms with van der Waals surface area (Å²) in [4.78, 5) is 2.38. The minimum atomic E-state index is 0.176. The monoisotopic (exact) mass is 262 g/mol. The van der Waals surface area contributed by atoms with E-state index >= 15 is 0 Å². The van der Waals surface area contributed by atoms with Crippen molar-refractivity contribution in [2.75, 3.05) is 31.1 Å². The average molecular weight is 262 g/mol. The molecule has 3 heteroatoms. The van der Waals surface area contributed by atoms with E-state index in [1.165, 1.54) is 11.3 Å². The van der Waals surface area contributed by atoms with Crippen LogP contribution < -0.4 is 10.2 Å². The zero-order valence-electron chi connectivity index (χ0n) is 12.3. The SMILES string of the molecule is CC1CNC(CO)CN(c2ccc(C(C)C)cc2)C1. The summed E-state index contributed by atoms with van der Waals surface area (Å²) >= 11 is 0. The molecule has 1 aliphatic heterocycles. The van der Waals surface area contributed by atoms with Gasteiger partial charge in [-0.25, -0.2) is 0 Å². The van der Waals surface area contributed by atoms with Crippen molar-refractivity contribution < 1.29 is 5.11 Å². The Hall–Kier alpha value is -1.06. The van der Waals surface area contributed by atoms with Crippen LogP contribution in [0.3, 0.4) is 0 Å². The van der Waals surface area contributed by atoms with Crippen LogP contribution in [0.1, 0.15) is 32.3 Å². The van der Waals surface area contributed by atoms with Gasteiger partial charge in [-0.05, 0) is 36.1 Å². The highest BCUT2D eigenvalue weighted by Crippen LogP contribution is 2.22. The molecule has 0 bridgehead atoms. The van der Waals surface area contributed by atoms with Crippen LogP contribution in [0.15, 0.2) is 24.3 Å². The first kappa shape index (κ1) is 14.4. The number of nitrogens with zero attached hydrogens (tertiary/aromatic N) is 1. The Morgan fingerprint density at radius 1 is 1.26 bits per heavy atom. The summed E-state index contributed by atoms with van der Waals surface area (Å²) < 4.78 is 0. The van der Waals surface area contributed by atoms with E-state index in [2.05, 4.69) is 55.3 Å². The molecule has 19 heavy (non-hydrogen) atoms. The van der Waals surface area contributed by atoms with Gasteiger partial charge in [0.15, 0.2) is 0 Å². The third kappa shape index (κ3) is 3.71. The van der Waals surface area contributed by atoms with Gasteiger partial charge < -0.3 is 15.3 Å². The first-order valence-electron chi connectivity index (χ1n) is 7.29. The number of benzene rings is 1. The summed E-state index contributed by atoms with van der Waals surface area (Å²) in [6, 6.07) is 9.03. The van der Waals surface area contributed by atoms with Gasteiger partial charge in [0.1, 0.15) is 0 Å². The second-order valence-corrected chi connectivity index (χ2v) is 6.04. The fourth-order valence-corrected chi connectivity index (χ4v) is 2.62. The van der Waals surface area contributed by atoms with Gasteiger partial charge in [0.25, 0.3) is 0 Å². The van der Waals surface area contributed by atoms with Crippen molar-refractivity contribution in [1.29, 1.82) is 0 Å². The van der Waals surface area contributed by atoms with Crippen molar-refractivity contribution in [1.82, 2.24) is 5.32 Å². The number of anilines is 1. The number of hydrogen-bond acceptors (Lipinski definition) is 3. The van der Waals surface area contributed by atoms with Crippen LogP contribution >= 0.6 is 0 Å². The van der Waals surface area contributed by atoms with E-state index in [0.29, 0.717) is 11.8 Å². The van der Waals surface area contributed by atoms with Crippen molar-refractivity contribution >= 4 is 5.69 Å². The predicted octanol–water partition coefficient (Wildman–Crippen LogP) is 2.22. The van der Waals surface area contributed by atoms with Crippen molar-refractivity contribution in [3.63, 3.8) is 0 Å². The summed E-state index contributed by atoms with van der Waals surface area (Å²) in [5, 5.41) is 12.8. The van der Waals surface area contributed by atoms with Gasteiger partial charge in [0.05, 0.1) is 6.61 Å². The molecule has 106 valence electrons. The van der Waals surface area contributed by atoms with Crippen LogP contribution in [0.5, 0.6) is 0 Å². The Bertz CT molecular complexity index is 388. The van der Waals surface area contributed by atoms with E-state index in [-0.39, 0.29) is 12.6 Å². The Labute approximate surface area is 116 Å². The Balaban J connectivity index is 2.13. The van der Waals surface area contributed by atoms with E-state index in [0.717, 1.165) is 19.6 Å². The second kappa shape index (κ2) is 6.40. The third-order valence-electron chi connectivity index (χ3n) is 3.87. The molecule has 1 heterocycles. The van der Waals surface area contributed by atoms with Crippen LogP contribution in [0.25, 0.3) is 0 Å². The Kier molecular flexibility index (Phi) is 4.83. The van der Waals surface area contributed by atoms with Gasteiger partial charge in [0, 0.05) is 24.8 Å². The van der Waals surface area contributed by atoms with Crippen molar-refractivity contribution in [3.8, 4) is 0 Å². The molecular weight excluding hydrogens is 236 g/mol. The smallest absolute Gasteiger partial charge is 0.0601 e. The highest BCUT2D eigenvalue weighted by atomic mass is 16.3. The number of hydrogen-bond donors (Lipinski definition) is 2. The quantitative estimate of drug-likeness (QED) is 0.877. The zero-order valence-corrected chi connectivity index (χ0v) is 12.3. The first-order chi connectivity index (χ1) is 9.10. The lowest BCUT2D eigenvalue weighted by molar-refractivity contribution is 0.247. The van der Waals surface area contributed by atoms with E-state index in [1.54, 1.807) is 0 Å². The van der Waals surface area contributed by atoms with Gasteiger partial charge in [-0.1, -0.05) is 32.9 Å². The highest BCUT2D eigenvalue weighted by molar-refractivity contribution is 5.48. The van der Waals surface area contributed by atoms with Crippen molar-refractivity contribution in [2.45, 2.75) is 32.7 Å². The minimum absolute atomic E-state index is 0.176. The summed E-state index contributed by atoms with van der Waals surface area (Å²) in [5.74, 6) is 1.17. The Morgan fingerprint density at radius 2 is 1.95 bits per heavy atom. The molecule has 1 aromatic rings. The zero-order chi connectivity index (χ0) is 13.8. The summed E-state index contributed by atoms with van der Waals surface area (Å²) in [7, 11) is 0. The van der Waals surface area contributed by atoms with Gasteiger partial charge in [0.2, 0.25) is 0 Å². The normalized spacial score (nSPS) is 24.6. The number of rotatable bonds is 3. The van der Waals surface area contributed by atoms with E-state index in [4.69, 9.17) is 0 Å². The van der Waals surface area contributed by atoms with E-state index < -0.39 is 0 Å². The molecule has 0 aliphatic carbocycles. The average Bonchev–Trinajstić information content (AvgIpc) is 2.60. The maximum atomic E-state index is 9.39. The van der Waals surface area contributed by atoms with Crippen LogP contribution in [-0.2, 0) is 0 Å². The van der Waals surface area contributed by atoms with Gasteiger partial charge >= 0.3 is 0 Å². The fraction of sp³-hybridized carbons (Fsp3) is 0.625. The molecule has 0 saturated carbocycles.